The number of ether oxygens (including phenoxy) is 2. The highest BCUT2D eigenvalue weighted by Gasteiger charge is 2.29. The van der Waals surface area contributed by atoms with Crippen LogP contribution >= 0.6 is 0 Å². The molecule has 8 heteroatoms. The van der Waals surface area contributed by atoms with Gasteiger partial charge in [0.15, 0.2) is 5.78 Å². The SMILES string of the molecule is COc1ccc(C(=O)C2CCN(C(=O)c3ccccc3Nc3ccc(OC(F)F)cc3)CC2)cc1. The molecule has 0 aliphatic carbocycles. The van der Waals surface area contributed by atoms with Crippen molar-refractivity contribution < 1.29 is 27.8 Å². The molecular weight excluding hydrogens is 454 g/mol. The van der Waals surface area contributed by atoms with E-state index < -0.39 is 6.61 Å². The maximum absolute atomic E-state index is 13.3. The van der Waals surface area contributed by atoms with Crippen LogP contribution in [-0.4, -0.2) is 43.4 Å². The van der Waals surface area contributed by atoms with Gasteiger partial charge in [0.1, 0.15) is 11.5 Å². The number of benzene rings is 3. The molecule has 3 aromatic carbocycles. The number of rotatable bonds is 8. The molecule has 1 heterocycles. The van der Waals surface area contributed by atoms with Crippen molar-refractivity contribution in [2.75, 3.05) is 25.5 Å². The van der Waals surface area contributed by atoms with E-state index in [1.165, 1.54) is 12.1 Å². The number of amides is 1. The second-order valence-electron chi connectivity index (χ2n) is 8.23. The van der Waals surface area contributed by atoms with Gasteiger partial charge in [0.2, 0.25) is 0 Å². The summed E-state index contributed by atoms with van der Waals surface area (Å²) < 4.78 is 34.3. The standard InChI is InChI=1S/C27H26F2N2O4/c1-34-21-10-6-18(7-11-21)25(32)19-14-16-31(17-15-19)26(33)23-4-2-3-5-24(23)30-20-8-12-22(13-9-20)35-27(28)29/h2-13,19,27,30H,14-17H2,1H3. The van der Waals surface area contributed by atoms with Crippen LogP contribution in [-0.2, 0) is 0 Å². The van der Waals surface area contributed by atoms with Gasteiger partial charge in [0.05, 0.1) is 18.4 Å². The lowest BCUT2D eigenvalue weighted by Crippen LogP contribution is -2.40. The number of hydrogen-bond acceptors (Lipinski definition) is 5. The van der Waals surface area contributed by atoms with E-state index in [0.29, 0.717) is 54.2 Å². The first-order valence-electron chi connectivity index (χ1n) is 11.3. The largest absolute Gasteiger partial charge is 0.497 e. The molecule has 0 spiro atoms. The van der Waals surface area contributed by atoms with E-state index in [4.69, 9.17) is 4.74 Å². The molecule has 1 N–H and O–H groups in total. The summed E-state index contributed by atoms with van der Waals surface area (Å²) in [7, 11) is 1.58. The number of nitrogens with zero attached hydrogens (tertiary/aromatic N) is 1. The van der Waals surface area contributed by atoms with Crippen LogP contribution in [0, 0.1) is 5.92 Å². The molecule has 0 radical (unpaired) electrons. The molecule has 1 saturated heterocycles. The number of Topliss-reactive ketones (excluding diaryl/α,β-unsaturated/α-hetero) is 1. The molecule has 6 nitrogen and oxygen atoms in total. The van der Waals surface area contributed by atoms with Crippen molar-refractivity contribution >= 4 is 23.1 Å². The van der Waals surface area contributed by atoms with Crippen molar-refractivity contribution in [1.29, 1.82) is 0 Å². The van der Waals surface area contributed by atoms with Crippen LogP contribution in [0.3, 0.4) is 0 Å². The lowest BCUT2D eigenvalue weighted by Gasteiger charge is -2.32. The van der Waals surface area contributed by atoms with Crippen LogP contribution in [0.2, 0.25) is 0 Å². The Morgan fingerprint density at radius 2 is 1.54 bits per heavy atom. The lowest BCUT2D eigenvalue weighted by atomic mass is 9.88. The summed E-state index contributed by atoms with van der Waals surface area (Å²) in [6.45, 7) is -1.92. The van der Waals surface area contributed by atoms with Crippen molar-refractivity contribution in [1.82, 2.24) is 4.90 Å². The Hall–Kier alpha value is -3.94. The van der Waals surface area contributed by atoms with Crippen LogP contribution in [0.15, 0.2) is 72.8 Å². The molecule has 35 heavy (non-hydrogen) atoms. The molecule has 0 aromatic heterocycles. The van der Waals surface area contributed by atoms with Gasteiger partial charge < -0.3 is 19.7 Å². The fourth-order valence-corrected chi connectivity index (χ4v) is 4.16. The van der Waals surface area contributed by atoms with Gasteiger partial charge in [-0.25, -0.2) is 0 Å². The third kappa shape index (κ3) is 5.95. The van der Waals surface area contributed by atoms with Gasteiger partial charge in [-0.1, -0.05) is 12.1 Å². The van der Waals surface area contributed by atoms with E-state index in [2.05, 4.69) is 10.1 Å². The van der Waals surface area contributed by atoms with Crippen LogP contribution in [0.1, 0.15) is 33.6 Å². The normalized spacial score (nSPS) is 14.0. The zero-order chi connectivity index (χ0) is 24.8. The topological polar surface area (TPSA) is 67.9 Å². The number of carbonyl (C=O) groups is 2. The number of likely N-dealkylation sites (tertiary alicyclic amines) is 1. The summed E-state index contributed by atoms with van der Waals surface area (Å²) in [6.07, 6.45) is 1.19. The summed E-state index contributed by atoms with van der Waals surface area (Å²) in [6, 6.07) is 20.3. The van der Waals surface area contributed by atoms with Gasteiger partial charge in [-0.2, -0.15) is 8.78 Å². The smallest absolute Gasteiger partial charge is 0.387 e. The first kappa shape index (κ1) is 24.2. The van der Waals surface area contributed by atoms with Crippen molar-refractivity contribution in [2.45, 2.75) is 19.5 Å². The van der Waals surface area contributed by atoms with Gasteiger partial charge in [-0.15, -0.1) is 0 Å². The molecular formula is C27H26F2N2O4. The molecule has 0 saturated carbocycles. The zero-order valence-electron chi connectivity index (χ0n) is 19.2. The number of halogens is 2. The van der Waals surface area contributed by atoms with Crippen molar-refractivity contribution in [3.63, 3.8) is 0 Å². The van der Waals surface area contributed by atoms with E-state index in [-0.39, 0.29) is 23.4 Å². The average Bonchev–Trinajstić information content (AvgIpc) is 2.89. The number of anilines is 2. The fourth-order valence-electron chi connectivity index (χ4n) is 4.16. The number of nitrogens with one attached hydrogen (secondary N) is 1. The van der Waals surface area contributed by atoms with Crippen LogP contribution in [0.25, 0.3) is 0 Å². The summed E-state index contributed by atoms with van der Waals surface area (Å²) in [5.74, 6) is 0.589. The monoisotopic (exact) mass is 480 g/mol. The van der Waals surface area contributed by atoms with Gasteiger partial charge >= 0.3 is 6.61 Å². The van der Waals surface area contributed by atoms with E-state index in [0.717, 1.165) is 0 Å². The third-order valence-electron chi connectivity index (χ3n) is 6.04. The van der Waals surface area contributed by atoms with Crippen molar-refractivity contribution in [2.24, 2.45) is 5.92 Å². The summed E-state index contributed by atoms with van der Waals surface area (Å²) in [5, 5.41) is 3.18. The van der Waals surface area contributed by atoms with Crippen molar-refractivity contribution in [3.8, 4) is 11.5 Å². The van der Waals surface area contributed by atoms with Crippen LogP contribution < -0.4 is 14.8 Å². The molecule has 0 unspecified atom stereocenters. The van der Waals surface area contributed by atoms with E-state index in [1.54, 1.807) is 66.6 Å². The maximum Gasteiger partial charge on any atom is 0.387 e. The van der Waals surface area contributed by atoms with Gasteiger partial charge in [-0.3, -0.25) is 9.59 Å². The van der Waals surface area contributed by atoms with Crippen LogP contribution in [0.5, 0.6) is 11.5 Å². The van der Waals surface area contributed by atoms with E-state index >= 15 is 0 Å². The molecule has 1 amide bonds. The highest BCUT2D eigenvalue weighted by Crippen LogP contribution is 2.28. The average molecular weight is 481 g/mol. The van der Waals surface area contributed by atoms with Gasteiger partial charge in [-0.05, 0) is 73.5 Å². The molecule has 182 valence electrons. The minimum Gasteiger partial charge on any atom is -0.497 e. The Bertz CT molecular complexity index is 1160. The maximum atomic E-state index is 13.3. The quantitative estimate of drug-likeness (QED) is 0.414. The second-order valence-corrected chi connectivity index (χ2v) is 8.23. The number of methoxy groups -OCH3 is 1. The minimum absolute atomic E-state index is 0.0574. The Morgan fingerprint density at radius 3 is 2.17 bits per heavy atom. The zero-order valence-corrected chi connectivity index (χ0v) is 19.2. The number of alkyl halides is 2. The third-order valence-corrected chi connectivity index (χ3v) is 6.04. The second kappa shape index (κ2) is 11.0. The number of ketones is 1. The number of hydrogen-bond donors (Lipinski definition) is 1. The summed E-state index contributed by atoms with van der Waals surface area (Å²) >= 11 is 0. The lowest BCUT2D eigenvalue weighted by molar-refractivity contribution is -0.0498. The molecule has 0 bridgehead atoms. The highest BCUT2D eigenvalue weighted by molar-refractivity contribution is 6.01. The number of carbonyl (C=O) groups excluding carboxylic acids is 2. The molecule has 1 aliphatic rings. The van der Waals surface area contributed by atoms with Crippen molar-refractivity contribution in [3.05, 3.63) is 83.9 Å². The Kier molecular flexibility index (Phi) is 7.60. The Morgan fingerprint density at radius 1 is 0.914 bits per heavy atom. The first-order chi connectivity index (χ1) is 16.9. The first-order valence-corrected chi connectivity index (χ1v) is 11.3. The molecule has 1 aliphatic heterocycles. The highest BCUT2D eigenvalue weighted by atomic mass is 19.3. The Labute approximate surface area is 202 Å². The van der Waals surface area contributed by atoms with Crippen LogP contribution in [0.4, 0.5) is 20.2 Å². The number of piperidine rings is 1. The number of para-hydroxylation sites is 1. The predicted octanol–water partition coefficient (Wildman–Crippen LogP) is 5.78. The van der Waals surface area contributed by atoms with E-state index in [1.807, 2.05) is 6.07 Å². The van der Waals surface area contributed by atoms with E-state index in [9.17, 15) is 18.4 Å². The molecule has 3 aromatic rings. The summed E-state index contributed by atoms with van der Waals surface area (Å²) in [4.78, 5) is 27.9. The summed E-state index contributed by atoms with van der Waals surface area (Å²) in [5.41, 5.74) is 2.39. The minimum atomic E-state index is -2.89. The Balaban J connectivity index is 1.39. The van der Waals surface area contributed by atoms with Gasteiger partial charge in [0.25, 0.3) is 5.91 Å². The molecule has 0 atom stereocenters. The molecule has 4 rings (SSSR count). The molecule has 1 fully saturated rings. The predicted molar refractivity (Wildman–Crippen MR) is 129 cm³/mol. The van der Waals surface area contributed by atoms with Gasteiger partial charge in [0, 0.05) is 30.3 Å². The fraction of sp³-hybridized carbons (Fsp3) is 0.259.